The molecule has 7 heteroatoms. The van der Waals surface area contributed by atoms with Crippen molar-refractivity contribution in [2.45, 2.75) is 45.6 Å². The summed E-state index contributed by atoms with van der Waals surface area (Å²) >= 11 is 13.3. The van der Waals surface area contributed by atoms with Crippen LogP contribution in [-0.4, -0.2) is 33.7 Å². The molecule has 1 aliphatic heterocycles. The van der Waals surface area contributed by atoms with Gasteiger partial charge in [-0.2, -0.15) is 5.26 Å². The lowest BCUT2D eigenvalue weighted by molar-refractivity contribution is -0.122. The number of rotatable bonds is 5. The fourth-order valence-corrected chi connectivity index (χ4v) is 5.32. The number of nitriles is 1. The van der Waals surface area contributed by atoms with Crippen LogP contribution in [0.2, 0.25) is 10.0 Å². The third-order valence-electron chi connectivity index (χ3n) is 6.61. The second kappa shape index (κ2) is 9.21. The summed E-state index contributed by atoms with van der Waals surface area (Å²) in [5.41, 5.74) is 4.60. The van der Waals surface area contributed by atoms with Gasteiger partial charge in [-0.25, -0.2) is 0 Å². The topological polar surface area (TPSA) is 66.1 Å². The van der Waals surface area contributed by atoms with Crippen molar-refractivity contribution in [1.82, 2.24) is 9.47 Å². The molecule has 1 aliphatic rings. The average molecular weight is 482 g/mol. The lowest BCUT2D eigenvalue weighted by Crippen LogP contribution is -2.40. The van der Waals surface area contributed by atoms with Crippen LogP contribution in [0.5, 0.6) is 0 Å². The second-order valence-corrected chi connectivity index (χ2v) is 9.36. The van der Waals surface area contributed by atoms with Gasteiger partial charge in [0.05, 0.1) is 28.3 Å². The van der Waals surface area contributed by atoms with Gasteiger partial charge in [0.25, 0.3) is 5.91 Å². The van der Waals surface area contributed by atoms with Crippen LogP contribution in [0.15, 0.2) is 30.3 Å². The number of nitrogens with zero attached hydrogens (tertiary/aromatic N) is 3. The van der Waals surface area contributed by atoms with Crippen LogP contribution < -0.4 is 0 Å². The molecule has 3 aromatic rings. The SMILES string of the molecule is CCC(=O)[C@@H]1CCCN1C(=O)c1ccc(Cl)c(Cc2cc3c(C)cc(C#N)cc3n2C)c1Cl. The summed E-state index contributed by atoms with van der Waals surface area (Å²) in [5, 5.41) is 11.2. The highest BCUT2D eigenvalue weighted by Gasteiger charge is 2.34. The molecule has 4 rings (SSSR count). The maximum Gasteiger partial charge on any atom is 0.255 e. The molecule has 0 N–H and O–H groups in total. The van der Waals surface area contributed by atoms with Crippen molar-refractivity contribution in [3.8, 4) is 6.07 Å². The van der Waals surface area contributed by atoms with E-state index in [1.54, 1.807) is 17.0 Å². The molecule has 170 valence electrons. The van der Waals surface area contributed by atoms with Crippen LogP contribution in [0.3, 0.4) is 0 Å². The molecule has 1 amide bonds. The van der Waals surface area contributed by atoms with Crippen molar-refractivity contribution in [3.63, 3.8) is 0 Å². The van der Waals surface area contributed by atoms with E-state index in [1.807, 2.05) is 37.6 Å². The van der Waals surface area contributed by atoms with Gasteiger partial charge in [-0.3, -0.25) is 9.59 Å². The number of carbonyl (C=O) groups excluding carboxylic acids is 2. The normalized spacial score (nSPS) is 15.8. The molecule has 1 atom stereocenters. The first-order valence-electron chi connectivity index (χ1n) is 11.1. The van der Waals surface area contributed by atoms with Crippen molar-refractivity contribution >= 4 is 45.8 Å². The van der Waals surface area contributed by atoms with E-state index in [0.29, 0.717) is 52.5 Å². The Morgan fingerprint density at radius 2 is 1.97 bits per heavy atom. The number of halogens is 2. The number of likely N-dealkylation sites (tertiary alicyclic amines) is 1. The molecule has 0 radical (unpaired) electrons. The zero-order valence-electron chi connectivity index (χ0n) is 18.9. The Bertz CT molecular complexity index is 1320. The average Bonchev–Trinajstić information content (AvgIpc) is 3.41. The number of aryl methyl sites for hydroxylation is 2. The number of hydrogen-bond donors (Lipinski definition) is 0. The molecule has 5 nitrogen and oxygen atoms in total. The summed E-state index contributed by atoms with van der Waals surface area (Å²) < 4.78 is 2.03. The van der Waals surface area contributed by atoms with Gasteiger partial charge < -0.3 is 9.47 Å². The molecule has 0 spiro atoms. The van der Waals surface area contributed by atoms with Crippen LogP contribution in [0, 0.1) is 18.3 Å². The van der Waals surface area contributed by atoms with E-state index < -0.39 is 0 Å². The minimum Gasteiger partial charge on any atom is -0.347 e. The maximum absolute atomic E-state index is 13.3. The molecule has 0 bridgehead atoms. The highest BCUT2D eigenvalue weighted by Crippen LogP contribution is 2.34. The quantitative estimate of drug-likeness (QED) is 0.459. The van der Waals surface area contributed by atoms with Gasteiger partial charge in [0.2, 0.25) is 0 Å². The fraction of sp³-hybridized carbons (Fsp3) is 0.346. The predicted octanol–water partition coefficient (Wildman–Crippen LogP) is 5.84. The molecule has 0 saturated carbocycles. The molecule has 1 saturated heterocycles. The molecule has 0 aliphatic carbocycles. The Morgan fingerprint density at radius 3 is 2.67 bits per heavy atom. The van der Waals surface area contributed by atoms with Crippen LogP contribution >= 0.6 is 23.2 Å². The number of Topliss-reactive ketones (excluding diaryl/α,β-unsaturated/α-hetero) is 1. The summed E-state index contributed by atoms with van der Waals surface area (Å²) in [6.07, 6.45) is 2.33. The number of ketones is 1. The molecule has 1 fully saturated rings. The van der Waals surface area contributed by atoms with Crippen LogP contribution in [0.1, 0.15) is 58.9 Å². The minimum absolute atomic E-state index is 0.0776. The van der Waals surface area contributed by atoms with Crippen molar-refractivity contribution in [2.24, 2.45) is 7.05 Å². The highest BCUT2D eigenvalue weighted by atomic mass is 35.5. The van der Waals surface area contributed by atoms with Crippen LogP contribution in [0.4, 0.5) is 0 Å². The van der Waals surface area contributed by atoms with E-state index in [1.165, 1.54) is 0 Å². The van der Waals surface area contributed by atoms with Gasteiger partial charge in [-0.05, 0) is 61.2 Å². The van der Waals surface area contributed by atoms with Crippen LogP contribution in [-0.2, 0) is 18.3 Å². The van der Waals surface area contributed by atoms with E-state index >= 15 is 0 Å². The van der Waals surface area contributed by atoms with Crippen molar-refractivity contribution in [1.29, 1.82) is 5.26 Å². The molecule has 1 aromatic heterocycles. The number of aromatic nitrogens is 1. The lowest BCUT2D eigenvalue weighted by atomic mass is 10.0. The van der Waals surface area contributed by atoms with E-state index in [-0.39, 0.29) is 17.7 Å². The number of fused-ring (bicyclic) bond motifs is 1. The van der Waals surface area contributed by atoms with Crippen molar-refractivity contribution in [3.05, 3.63) is 68.3 Å². The maximum atomic E-state index is 13.3. The Hall–Kier alpha value is -2.81. The van der Waals surface area contributed by atoms with E-state index in [9.17, 15) is 14.9 Å². The highest BCUT2D eigenvalue weighted by molar-refractivity contribution is 6.38. The van der Waals surface area contributed by atoms with Gasteiger partial charge >= 0.3 is 0 Å². The summed E-state index contributed by atoms with van der Waals surface area (Å²) in [4.78, 5) is 27.3. The molecule has 0 unspecified atom stereocenters. The standard InChI is InChI=1S/C26H25Cl2N3O2/c1-4-24(32)22-6-5-9-31(22)26(33)18-7-8-21(27)20(25(18)28)13-17-12-19-15(2)10-16(14-29)11-23(19)30(17)3/h7-8,10-12,22H,4-6,9,13H2,1-3H3/t22-/m0/s1. The fourth-order valence-electron chi connectivity index (χ4n) is 4.74. The smallest absolute Gasteiger partial charge is 0.255 e. The number of hydrogen-bond acceptors (Lipinski definition) is 3. The molecule has 2 heterocycles. The minimum atomic E-state index is -0.381. The zero-order valence-corrected chi connectivity index (χ0v) is 20.4. The summed E-state index contributed by atoms with van der Waals surface area (Å²) in [5.74, 6) is -0.150. The Labute approximate surface area is 203 Å². The largest absolute Gasteiger partial charge is 0.347 e. The van der Waals surface area contributed by atoms with Gasteiger partial charge in [-0.1, -0.05) is 30.1 Å². The monoisotopic (exact) mass is 481 g/mol. The molecule has 33 heavy (non-hydrogen) atoms. The summed E-state index contributed by atoms with van der Waals surface area (Å²) in [6.45, 7) is 4.35. The van der Waals surface area contributed by atoms with Crippen molar-refractivity contribution in [2.75, 3.05) is 6.54 Å². The second-order valence-electron chi connectivity index (χ2n) is 8.57. The Kier molecular flexibility index (Phi) is 6.52. The molecular weight excluding hydrogens is 457 g/mol. The first-order valence-corrected chi connectivity index (χ1v) is 11.8. The Balaban J connectivity index is 1.72. The predicted molar refractivity (Wildman–Crippen MR) is 131 cm³/mol. The van der Waals surface area contributed by atoms with Crippen molar-refractivity contribution < 1.29 is 9.59 Å². The van der Waals surface area contributed by atoms with Gasteiger partial charge in [-0.15, -0.1) is 0 Å². The van der Waals surface area contributed by atoms with E-state index in [2.05, 4.69) is 12.1 Å². The first-order chi connectivity index (χ1) is 15.8. The van der Waals surface area contributed by atoms with Gasteiger partial charge in [0, 0.05) is 48.1 Å². The molecule has 2 aromatic carbocycles. The van der Waals surface area contributed by atoms with Gasteiger partial charge in [0.15, 0.2) is 5.78 Å². The van der Waals surface area contributed by atoms with Crippen LogP contribution in [0.25, 0.3) is 10.9 Å². The van der Waals surface area contributed by atoms with E-state index in [4.69, 9.17) is 23.2 Å². The Morgan fingerprint density at radius 1 is 1.21 bits per heavy atom. The molecular formula is C26H25Cl2N3O2. The van der Waals surface area contributed by atoms with E-state index in [0.717, 1.165) is 28.6 Å². The summed E-state index contributed by atoms with van der Waals surface area (Å²) in [7, 11) is 1.94. The third-order valence-corrected chi connectivity index (χ3v) is 7.39. The third kappa shape index (κ3) is 4.14. The zero-order chi connectivity index (χ0) is 23.9. The van der Waals surface area contributed by atoms with Gasteiger partial charge in [0.1, 0.15) is 0 Å². The number of carbonyl (C=O) groups is 2. The number of benzene rings is 2. The lowest BCUT2D eigenvalue weighted by Gasteiger charge is -2.24. The first kappa shape index (κ1) is 23.4. The summed E-state index contributed by atoms with van der Waals surface area (Å²) in [6, 6.07) is 11.0. The number of amides is 1.